The second-order valence-electron chi connectivity index (χ2n) is 4.36. The lowest BCUT2D eigenvalue weighted by Gasteiger charge is -2.16. The average molecular weight is 257 g/mol. The highest BCUT2D eigenvalue weighted by molar-refractivity contribution is 7.12. The van der Waals surface area contributed by atoms with Crippen LogP contribution < -0.4 is 0 Å². The summed E-state index contributed by atoms with van der Waals surface area (Å²) in [6.07, 6.45) is -4.37. The third kappa shape index (κ3) is 3.11. The molecule has 0 aromatic carbocycles. The van der Waals surface area contributed by atoms with Crippen molar-refractivity contribution < 1.29 is 13.2 Å². The maximum atomic E-state index is 12.3. The molecule has 5 heteroatoms. The Morgan fingerprint density at radius 2 is 1.73 bits per heavy atom. The van der Waals surface area contributed by atoms with Gasteiger partial charge in [-0.3, -0.25) is 0 Å². The lowest BCUT2D eigenvalue weighted by molar-refractivity contribution is -0.131. The Kier molecular flexibility index (Phi) is 3.41. The van der Waals surface area contributed by atoms with Crippen molar-refractivity contribution in [3.05, 3.63) is 21.9 Å². The van der Waals surface area contributed by atoms with Crippen molar-refractivity contribution in [2.75, 3.05) is 0 Å². The molecule has 0 nitrogen and oxygen atoms in total. The molecule has 0 N–H and O–H groups in total. The Hall–Kier alpha value is -0.220. The van der Waals surface area contributed by atoms with Crippen LogP contribution in [0.2, 0.25) is 0 Å². The van der Waals surface area contributed by atoms with Crippen LogP contribution >= 0.6 is 22.9 Å². The van der Waals surface area contributed by atoms with Gasteiger partial charge in [0.05, 0.1) is 0 Å². The van der Waals surface area contributed by atoms with Gasteiger partial charge < -0.3 is 0 Å². The van der Waals surface area contributed by atoms with E-state index in [1.807, 2.05) is 20.8 Å². The van der Waals surface area contributed by atoms with Gasteiger partial charge in [-0.1, -0.05) is 20.8 Å². The Morgan fingerprint density at radius 3 is 2.07 bits per heavy atom. The van der Waals surface area contributed by atoms with Gasteiger partial charge in [0.25, 0.3) is 0 Å². The van der Waals surface area contributed by atoms with Crippen LogP contribution in [0.4, 0.5) is 13.2 Å². The van der Waals surface area contributed by atoms with Crippen molar-refractivity contribution in [1.29, 1.82) is 0 Å². The van der Waals surface area contributed by atoms with E-state index in [1.165, 1.54) is 6.07 Å². The fourth-order valence-corrected chi connectivity index (χ4v) is 2.33. The minimum absolute atomic E-state index is 0.134. The standard InChI is InChI=1S/C10H12ClF3S/c1-9(2,3)7-5-4-6(15-7)8(11)10(12,13)14/h4-5,8H,1-3H3. The van der Waals surface area contributed by atoms with Gasteiger partial charge in [-0.2, -0.15) is 13.2 Å². The monoisotopic (exact) mass is 256 g/mol. The zero-order valence-electron chi connectivity index (χ0n) is 8.65. The first-order valence-corrected chi connectivity index (χ1v) is 5.68. The summed E-state index contributed by atoms with van der Waals surface area (Å²) in [6.45, 7) is 5.87. The number of thiophene rings is 1. The summed E-state index contributed by atoms with van der Waals surface area (Å²) in [5.41, 5.74) is -0.134. The van der Waals surface area contributed by atoms with Crippen LogP contribution in [-0.2, 0) is 5.41 Å². The molecule has 1 atom stereocenters. The number of halogens is 4. The fourth-order valence-electron chi connectivity index (χ4n) is 1.05. The van der Waals surface area contributed by atoms with Crippen LogP contribution in [0.5, 0.6) is 0 Å². The Labute approximate surface area is 96.1 Å². The molecule has 15 heavy (non-hydrogen) atoms. The molecule has 0 saturated heterocycles. The van der Waals surface area contributed by atoms with Crippen LogP contribution in [0.25, 0.3) is 0 Å². The molecule has 1 rings (SSSR count). The third-order valence-electron chi connectivity index (χ3n) is 1.90. The van der Waals surface area contributed by atoms with Gasteiger partial charge >= 0.3 is 6.18 Å². The predicted molar refractivity (Wildman–Crippen MR) is 57.7 cm³/mol. The highest BCUT2D eigenvalue weighted by Gasteiger charge is 2.40. The van der Waals surface area contributed by atoms with E-state index in [-0.39, 0.29) is 10.3 Å². The van der Waals surface area contributed by atoms with Crippen molar-refractivity contribution >= 4 is 22.9 Å². The molecule has 0 radical (unpaired) electrons. The molecule has 1 aromatic heterocycles. The minimum atomic E-state index is -4.37. The molecule has 0 saturated carbocycles. The highest BCUT2D eigenvalue weighted by Crippen LogP contribution is 2.42. The quantitative estimate of drug-likeness (QED) is 0.628. The van der Waals surface area contributed by atoms with E-state index in [0.717, 1.165) is 16.2 Å². The van der Waals surface area contributed by atoms with Gasteiger partial charge in [0.2, 0.25) is 0 Å². The first-order chi connectivity index (χ1) is 6.62. The molecule has 0 fully saturated rings. The number of hydrogen-bond acceptors (Lipinski definition) is 1. The van der Waals surface area contributed by atoms with Gasteiger partial charge in [0.1, 0.15) is 0 Å². The SMILES string of the molecule is CC(C)(C)c1ccc(C(Cl)C(F)(F)F)s1. The molecular weight excluding hydrogens is 245 g/mol. The molecule has 1 aromatic rings. The van der Waals surface area contributed by atoms with Crippen LogP contribution in [0.1, 0.15) is 35.9 Å². The molecule has 0 bridgehead atoms. The molecule has 0 aliphatic rings. The summed E-state index contributed by atoms with van der Waals surface area (Å²) >= 11 is 6.45. The third-order valence-corrected chi connectivity index (χ3v) is 4.09. The lowest BCUT2D eigenvalue weighted by atomic mass is 9.95. The van der Waals surface area contributed by atoms with E-state index in [2.05, 4.69) is 0 Å². The molecule has 1 heterocycles. The normalized spacial score (nSPS) is 15.4. The van der Waals surface area contributed by atoms with Gasteiger partial charge in [-0.25, -0.2) is 0 Å². The smallest absolute Gasteiger partial charge is 0.169 e. The van der Waals surface area contributed by atoms with Gasteiger partial charge in [-0.15, -0.1) is 22.9 Å². The number of alkyl halides is 4. The molecular formula is C10H12ClF3S. The zero-order valence-corrected chi connectivity index (χ0v) is 10.2. The van der Waals surface area contributed by atoms with Crippen LogP contribution in [0, 0.1) is 0 Å². The van der Waals surface area contributed by atoms with E-state index in [4.69, 9.17) is 11.6 Å². The van der Waals surface area contributed by atoms with Crippen molar-refractivity contribution in [3.63, 3.8) is 0 Å². The van der Waals surface area contributed by atoms with Gasteiger partial charge in [0, 0.05) is 9.75 Å². The highest BCUT2D eigenvalue weighted by atomic mass is 35.5. The van der Waals surface area contributed by atoms with Crippen LogP contribution in [0.15, 0.2) is 12.1 Å². The Morgan fingerprint density at radius 1 is 1.20 bits per heavy atom. The van der Waals surface area contributed by atoms with E-state index in [1.54, 1.807) is 6.07 Å². The van der Waals surface area contributed by atoms with Crippen molar-refractivity contribution in [1.82, 2.24) is 0 Å². The summed E-state index contributed by atoms with van der Waals surface area (Å²) in [5, 5.41) is -1.89. The van der Waals surface area contributed by atoms with Crippen LogP contribution in [0.3, 0.4) is 0 Å². The van der Waals surface area contributed by atoms with Crippen LogP contribution in [-0.4, -0.2) is 6.18 Å². The summed E-state index contributed by atoms with van der Waals surface area (Å²) in [5.74, 6) is 0. The minimum Gasteiger partial charge on any atom is -0.169 e. The molecule has 1 unspecified atom stereocenters. The van der Waals surface area contributed by atoms with Crippen molar-refractivity contribution in [2.45, 2.75) is 37.7 Å². The molecule has 0 aliphatic carbocycles. The first kappa shape index (κ1) is 12.8. The van der Waals surface area contributed by atoms with Crippen molar-refractivity contribution in [3.8, 4) is 0 Å². The lowest BCUT2D eigenvalue weighted by Crippen LogP contribution is -2.14. The first-order valence-electron chi connectivity index (χ1n) is 4.43. The second-order valence-corrected chi connectivity index (χ2v) is 5.91. The average Bonchev–Trinajstić information content (AvgIpc) is 2.47. The fraction of sp³-hybridized carbons (Fsp3) is 0.600. The number of rotatable bonds is 1. The van der Waals surface area contributed by atoms with E-state index < -0.39 is 11.6 Å². The van der Waals surface area contributed by atoms with E-state index in [9.17, 15) is 13.2 Å². The topological polar surface area (TPSA) is 0 Å². The Balaban J connectivity index is 2.95. The molecule has 0 amide bonds. The predicted octanol–water partition coefficient (Wildman–Crippen LogP) is 4.89. The summed E-state index contributed by atoms with van der Waals surface area (Å²) in [4.78, 5) is 1.07. The van der Waals surface area contributed by atoms with Gasteiger partial charge in [0.15, 0.2) is 5.38 Å². The molecule has 0 aliphatic heterocycles. The molecule has 0 spiro atoms. The maximum absolute atomic E-state index is 12.3. The molecule has 86 valence electrons. The zero-order chi connectivity index (χ0) is 11.9. The summed E-state index contributed by atoms with van der Waals surface area (Å²) in [6, 6.07) is 3.16. The largest absolute Gasteiger partial charge is 0.409 e. The van der Waals surface area contributed by atoms with E-state index in [0.29, 0.717) is 0 Å². The Bertz CT molecular complexity index is 335. The van der Waals surface area contributed by atoms with Gasteiger partial charge in [-0.05, 0) is 17.5 Å². The van der Waals surface area contributed by atoms with Crippen molar-refractivity contribution in [2.24, 2.45) is 0 Å². The second kappa shape index (κ2) is 3.98. The maximum Gasteiger partial charge on any atom is 0.409 e. The summed E-state index contributed by atoms with van der Waals surface area (Å²) in [7, 11) is 0. The summed E-state index contributed by atoms with van der Waals surface area (Å²) < 4.78 is 36.9. The number of hydrogen-bond donors (Lipinski definition) is 0. The van der Waals surface area contributed by atoms with E-state index >= 15 is 0 Å².